The Morgan fingerprint density at radius 1 is 1.39 bits per heavy atom. The summed E-state index contributed by atoms with van der Waals surface area (Å²) in [4.78, 5) is 11.5. The maximum atomic E-state index is 11.5. The van der Waals surface area contributed by atoms with Gasteiger partial charge in [0, 0.05) is 6.04 Å². The van der Waals surface area contributed by atoms with Crippen LogP contribution < -0.4 is 10.7 Å². The fraction of sp³-hybridized carbons (Fsp3) is 0.538. The number of carbonyl (C=O) groups is 1. The van der Waals surface area contributed by atoms with Crippen molar-refractivity contribution in [3.8, 4) is 0 Å². The number of hydrazone groups is 1. The molecule has 1 aliphatic carbocycles. The highest BCUT2D eigenvalue weighted by Crippen LogP contribution is 2.17. The molecule has 1 aromatic rings. The highest BCUT2D eigenvalue weighted by atomic mass is 16.3. The van der Waals surface area contributed by atoms with Crippen LogP contribution in [0, 0.1) is 6.92 Å². The lowest BCUT2D eigenvalue weighted by Gasteiger charge is -2.22. The van der Waals surface area contributed by atoms with Gasteiger partial charge in [-0.25, -0.2) is 10.2 Å². The van der Waals surface area contributed by atoms with Gasteiger partial charge in [0.15, 0.2) is 0 Å². The van der Waals surface area contributed by atoms with Crippen molar-refractivity contribution in [1.29, 1.82) is 0 Å². The van der Waals surface area contributed by atoms with Gasteiger partial charge in [0.2, 0.25) is 0 Å². The Balaban J connectivity index is 1.72. The number of nitrogens with zero attached hydrogens (tertiary/aromatic N) is 1. The van der Waals surface area contributed by atoms with Gasteiger partial charge in [0.05, 0.1) is 6.21 Å². The van der Waals surface area contributed by atoms with Crippen LogP contribution in [0.4, 0.5) is 4.79 Å². The van der Waals surface area contributed by atoms with Crippen molar-refractivity contribution in [2.75, 3.05) is 0 Å². The fourth-order valence-corrected chi connectivity index (χ4v) is 2.14. The van der Waals surface area contributed by atoms with Crippen molar-refractivity contribution in [3.63, 3.8) is 0 Å². The number of nitrogens with one attached hydrogen (secondary N) is 2. The van der Waals surface area contributed by atoms with E-state index in [1.807, 2.05) is 13.0 Å². The zero-order valence-electron chi connectivity index (χ0n) is 10.6. The number of urea groups is 1. The highest BCUT2D eigenvalue weighted by molar-refractivity contribution is 5.79. The number of hydrogen-bond donors (Lipinski definition) is 2. The van der Waals surface area contributed by atoms with Crippen LogP contribution in [0.1, 0.15) is 43.6 Å². The Morgan fingerprint density at radius 3 is 2.83 bits per heavy atom. The van der Waals surface area contributed by atoms with E-state index in [9.17, 15) is 4.79 Å². The third kappa shape index (κ3) is 3.91. The predicted octanol–water partition coefficient (Wildman–Crippen LogP) is 2.55. The van der Waals surface area contributed by atoms with Crippen molar-refractivity contribution < 1.29 is 9.21 Å². The first kappa shape index (κ1) is 12.7. The molecule has 1 aromatic heterocycles. The van der Waals surface area contributed by atoms with Crippen LogP contribution in [0.2, 0.25) is 0 Å². The van der Waals surface area contributed by atoms with E-state index in [1.54, 1.807) is 6.07 Å². The molecular weight excluding hydrogens is 230 g/mol. The summed E-state index contributed by atoms with van der Waals surface area (Å²) in [5, 5.41) is 6.76. The van der Waals surface area contributed by atoms with Crippen LogP contribution in [-0.4, -0.2) is 18.3 Å². The molecule has 5 nitrogen and oxygen atoms in total. The molecule has 0 radical (unpaired) electrons. The van der Waals surface area contributed by atoms with Gasteiger partial charge in [-0.3, -0.25) is 0 Å². The highest BCUT2D eigenvalue weighted by Gasteiger charge is 2.14. The lowest BCUT2D eigenvalue weighted by Crippen LogP contribution is -2.41. The lowest BCUT2D eigenvalue weighted by molar-refractivity contribution is 0.233. The number of amides is 2. The monoisotopic (exact) mass is 249 g/mol. The molecule has 1 aliphatic rings. The molecule has 0 bridgehead atoms. The van der Waals surface area contributed by atoms with E-state index in [1.165, 1.54) is 25.5 Å². The van der Waals surface area contributed by atoms with E-state index in [4.69, 9.17) is 4.42 Å². The van der Waals surface area contributed by atoms with Gasteiger partial charge in [-0.1, -0.05) is 19.3 Å². The van der Waals surface area contributed by atoms with Crippen LogP contribution in [0.25, 0.3) is 0 Å². The second kappa shape index (κ2) is 6.23. The number of hydrogen-bond acceptors (Lipinski definition) is 3. The molecule has 0 aromatic carbocycles. The summed E-state index contributed by atoms with van der Waals surface area (Å²) in [7, 11) is 0. The maximum Gasteiger partial charge on any atom is 0.335 e. The standard InChI is InChI=1S/C13H19N3O2/c1-10-7-8-12(18-10)9-14-16-13(17)15-11-5-3-2-4-6-11/h7-9,11H,2-6H2,1H3,(H2,15,16,17)/b14-9-. The zero-order valence-corrected chi connectivity index (χ0v) is 10.6. The largest absolute Gasteiger partial charge is 0.460 e. The van der Waals surface area contributed by atoms with E-state index in [0.717, 1.165) is 18.6 Å². The Bertz CT molecular complexity index is 420. The van der Waals surface area contributed by atoms with Gasteiger partial charge in [-0.05, 0) is 31.9 Å². The van der Waals surface area contributed by atoms with Crippen LogP contribution in [0.15, 0.2) is 21.7 Å². The summed E-state index contributed by atoms with van der Waals surface area (Å²) in [6, 6.07) is 3.70. The smallest absolute Gasteiger partial charge is 0.335 e. The normalized spacial score (nSPS) is 16.9. The number of rotatable bonds is 3. The molecular formula is C13H19N3O2. The molecule has 1 heterocycles. The van der Waals surface area contributed by atoms with Gasteiger partial charge in [-0.15, -0.1) is 0 Å². The molecule has 5 heteroatoms. The van der Waals surface area contributed by atoms with Crippen LogP contribution in [0.3, 0.4) is 0 Å². The first-order valence-corrected chi connectivity index (χ1v) is 6.40. The lowest BCUT2D eigenvalue weighted by atomic mass is 9.96. The minimum absolute atomic E-state index is 0.249. The second-order valence-corrected chi connectivity index (χ2v) is 4.63. The van der Waals surface area contributed by atoms with Crippen molar-refractivity contribution in [2.24, 2.45) is 5.10 Å². The van der Waals surface area contributed by atoms with Crippen molar-refractivity contribution in [3.05, 3.63) is 23.7 Å². The Labute approximate surface area is 107 Å². The summed E-state index contributed by atoms with van der Waals surface area (Å²) in [6.45, 7) is 1.86. The van der Waals surface area contributed by atoms with Gasteiger partial charge < -0.3 is 9.73 Å². The summed E-state index contributed by atoms with van der Waals surface area (Å²) in [5.74, 6) is 1.45. The SMILES string of the molecule is Cc1ccc(/C=N\NC(=O)NC2CCCCC2)o1. The molecule has 2 amide bonds. The van der Waals surface area contributed by atoms with Gasteiger partial charge in [0.1, 0.15) is 11.5 Å². The zero-order chi connectivity index (χ0) is 12.8. The van der Waals surface area contributed by atoms with Crippen molar-refractivity contribution in [2.45, 2.75) is 45.1 Å². The van der Waals surface area contributed by atoms with Crippen molar-refractivity contribution in [1.82, 2.24) is 10.7 Å². The molecule has 2 rings (SSSR count). The average Bonchev–Trinajstić information content (AvgIpc) is 2.76. The predicted molar refractivity (Wildman–Crippen MR) is 69.6 cm³/mol. The summed E-state index contributed by atoms with van der Waals surface area (Å²) in [5.41, 5.74) is 2.45. The molecule has 2 N–H and O–H groups in total. The van der Waals surface area contributed by atoms with Crippen LogP contribution in [-0.2, 0) is 0 Å². The number of aryl methyl sites for hydroxylation is 1. The fourth-order valence-electron chi connectivity index (χ4n) is 2.14. The molecule has 0 spiro atoms. The number of carbonyl (C=O) groups excluding carboxylic acids is 1. The summed E-state index contributed by atoms with van der Waals surface area (Å²) < 4.78 is 5.29. The molecule has 0 unspecified atom stereocenters. The maximum absolute atomic E-state index is 11.5. The van der Waals surface area contributed by atoms with Gasteiger partial charge in [-0.2, -0.15) is 5.10 Å². The van der Waals surface area contributed by atoms with E-state index in [0.29, 0.717) is 11.8 Å². The minimum atomic E-state index is -0.249. The third-order valence-electron chi connectivity index (χ3n) is 3.06. The molecule has 0 saturated heterocycles. The molecule has 0 atom stereocenters. The van der Waals surface area contributed by atoms with Gasteiger partial charge >= 0.3 is 6.03 Å². The molecule has 1 saturated carbocycles. The summed E-state index contributed by atoms with van der Waals surface area (Å²) in [6.07, 6.45) is 7.28. The Morgan fingerprint density at radius 2 is 2.17 bits per heavy atom. The second-order valence-electron chi connectivity index (χ2n) is 4.63. The van der Waals surface area contributed by atoms with E-state index >= 15 is 0 Å². The molecule has 18 heavy (non-hydrogen) atoms. The van der Waals surface area contributed by atoms with E-state index in [2.05, 4.69) is 15.8 Å². The summed E-state index contributed by atoms with van der Waals surface area (Å²) >= 11 is 0. The van der Waals surface area contributed by atoms with E-state index in [-0.39, 0.29) is 6.03 Å². The molecule has 98 valence electrons. The molecule has 1 fully saturated rings. The first-order chi connectivity index (χ1) is 8.74. The first-order valence-electron chi connectivity index (χ1n) is 6.40. The Kier molecular flexibility index (Phi) is 4.39. The third-order valence-corrected chi connectivity index (χ3v) is 3.06. The average molecular weight is 249 g/mol. The van der Waals surface area contributed by atoms with Crippen LogP contribution >= 0.6 is 0 Å². The Hall–Kier alpha value is -1.78. The topological polar surface area (TPSA) is 66.6 Å². The van der Waals surface area contributed by atoms with Crippen molar-refractivity contribution >= 4 is 12.2 Å². The minimum Gasteiger partial charge on any atom is -0.460 e. The van der Waals surface area contributed by atoms with Gasteiger partial charge in [0.25, 0.3) is 0 Å². The van der Waals surface area contributed by atoms with Crippen LogP contribution in [0.5, 0.6) is 0 Å². The number of furan rings is 1. The quantitative estimate of drug-likeness (QED) is 0.638. The van der Waals surface area contributed by atoms with E-state index < -0.39 is 0 Å². The molecule has 0 aliphatic heterocycles.